The van der Waals surface area contributed by atoms with E-state index in [4.69, 9.17) is 0 Å². The molecule has 1 heterocycles. The molecule has 0 saturated heterocycles. The SMILES string of the molecule is Cc1cnc(C(=O)N[C@H](C)c2ccccc2F)cn1. The lowest BCUT2D eigenvalue weighted by molar-refractivity contribution is 0.0934. The number of amides is 1. The van der Waals surface area contributed by atoms with Gasteiger partial charge < -0.3 is 5.32 Å². The molecule has 0 spiro atoms. The summed E-state index contributed by atoms with van der Waals surface area (Å²) in [5, 5.41) is 2.69. The molecule has 0 saturated carbocycles. The fourth-order valence-electron chi connectivity index (χ4n) is 1.68. The molecule has 0 radical (unpaired) electrons. The van der Waals surface area contributed by atoms with Crippen molar-refractivity contribution >= 4 is 5.91 Å². The number of halogens is 1. The highest BCUT2D eigenvalue weighted by Gasteiger charge is 2.15. The molecule has 2 aromatic rings. The summed E-state index contributed by atoms with van der Waals surface area (Å²) in [5.41, 5.74) is 1.39. The zero-order valence-electron chi connectivity index (χ0n) is 10.7. The quantitative estimate of drug-likeness (QED) is 0.921. The zero-order valence-corrected chi connectivity index (χ0v) is 10.7. The average molecular weight is 259 g/mol. The van der Waals surface area contributed by atoms with Crippen molar-refractivity contribution < 1.29 is 9.18 Å². The number of carbonyl (C=O) groups excluding carboxylic acids is 1. The van der Waals surface area contributed by atoms with Crippen LogP contribution in [-0.2, 0) is 0 Å². The second-order valence-electron chi connectivity index (χ2n) is 4.26. The molecular formula is C14H14FN3O. The van der Waals surface area contributed by atoms with Gasteiger partial charge in [-0.2, -0.15) is 0 Å². The Kier molecular flexibility index (Phi) is 3.85. The lowest BCUT2D eigenvalue weighted by atomic mass is 10.1. The van der Waals surface area contributed by atoms with Crippen molar-refractivity contribution in [1.82, 2.24) is 15.3 Å². The van der Waals surface area contributed by atoms with Crippen LogP contribution in [0.25, 0.3) is 0 Å². The van der Waals surface area contributed by atoms with Gasteiger partial charge in [-0.05, 0) is 19.9 Å². The van der Waals surface area contributed by atoms with Gasteiger partial charge in [-0.3, -0.25) is 9.78 Å². The Morgan fingerprint density at radius 1 is 1.26 bits per heavy atom. The van der Waals surface area contributed by atoms with Crippen LogP contribution < -0.4 is 5.32 Å². The maximum atomic E-state index is 13.6. The first-order chi connectivity index (χ1) is 9.08. The summed E-state index contributed by atoms with van der Waals surface area (Å²) in [6, 6.07) is 5.91. The van der Waals surface area contributed by atoms with E-state index in [2.05, 4.69) is 15.3 Å². The topological polar surface area (TPSA) is 54.9 Å². The number of rotatable bonds is 3. The molecule has 1 atom stereocenters. The van der Waals surface area contributed by atoms with Crippen LogP contribution in [0.1, 0.15) is 34.7 Å². The van der Waals surface area contributed by atoms with Gasteiger partial charge in [-0.15, -0.1) is 0 Å². The Morgan fingerprint density at radius 2 is 2.00 bits per heavy atom. The van der Waals surface area contributed by atoms with E-state index >= 15 is 0 Å². The predicted molar refractivity (Wildman–Crippen MR) is 69.1 cm³/mol. The molecule has 0 aliphatic carbocycles. The first-order valence-corrected chi connectivity index (χ1v) is 5.92. The van der Waals surface area contributed by atoms with Crippen molar-refractivity contribution in [3.05, 3.63) is 59.4 Å². The molecule has 1 aromatic heterocycles. The van der Waals surface area contributed by atoms with Crippen LogP contribution >= 0.6 is 0 Å². The number of nitrogens with one attached hydrogen (secondary N) is 1. The molecular weight excluding hydrogens is 245 g/mol. The highest BCUT2D eigenvalue weighted by Crippen LogP contribution is 2.16. The minimum absolute atomic E-state index is 0.216. The van der Waals surface area contributed by atoms with Gasteiger partial charge in [0.15, 0.2) is 0 Å². The maximum Gasteiger partial charge on any atom is 0.271 e. The third-order valence-electron chi connectivity index (χ3n) is 2.73. The number of benzene rings is 1. The Hall–Kier alpha value is -2.30. The van der Waals surface area contributed by atoms with E-state index in [1.165, 1.54) is 18.5 Å². The molecule has 0 unspecified atom stereocenters. The van der Waals surface area contributed by atoms with Gasteiger partial charge in [0.1, 0.15) is 11.5 Å². The first-order valence-electron chi connectivity index (χ1n) is 5.92. The summed E-state index contributed by atoms with van der Waals surface area (Å²) in [4.78, 5) is 19.9. The second kappa shape index (κ2) is 5.56. The summed E-state index contributed by atoms with van der Waals surface area (Å²) in [7, 11) is 0. The van der Waals surface area contributed by atoms with Gasteiger partial charge >= 0.3 is 0 Å². The third-order valence-corrected chi connectivity index (χ3v) is 2.73. The van der Waals surface area contributed by atoms with Crippen molar-refractivity contribution in [3.63, 3.8) is 0 Å². The fraction of sp³-hybridized carbons (Fsp3) is 0.214. The number of hydrogen-bond donors (Lipinski definition) is 1. The van der Waals surface area contributed by atoms with Gasteiger partial charge in [0.25, 0.3) is 5.91 Å². The van der Waals surface area contributed by atoms with Gasteiger partial charge in [-0.1, -0.05) is 18.2 Å². The minimum Gasteiger partial charge on any atom is -0.344 e. The maximum absolute atomic E-state index is 13.6. The summed E-state index contributed by atoms with van der Waals surface area (Å²) in [6.45, 7) is 3.51. The molecule has 0 aliphatic rings. The number of hydrogen-bond acceptors (Lipinski definition) is 3. The number of carbonyl (C=O) groups is 1. The Bertz CT molecular complexity index is 583. The molecule has 0 fully saturated rings. The van der Waals surface area contributed by atoms with Gasteiger partial charge in [0.2, 0.25) is 0 Å². The van der Waals surface area contributed by atoms with Crippen LogP contribution in [0.15, 0.2) is 36.7 Å². The Balaban J connectivity index is 2.11. The third kappa shape index (κ3) is 3.13. The molecule has 0 aliphatic heterocycles. The van der Waals surface area contributed by atoms with Crippen LogP contribution in [0.2, 0.25) is 0 Å². The highest BCUT2D eigenvalue weighted by molar-refractivity contribution is 5.92. The molecule has 1 amide bonds. The van der Waals surface area contributed by atoms with Crippen molar-refractivity contribution in [2.45, 2.75) is 19.9 Å². The summed E-state index contributed by atoms with van der Waals surface area (Å²) in [5.74, 6) is -0.714. The smallest absolute Gasteiger partial charge is 0.271 e. The Labute approximate surface area is 110 Å². The lowest BCUT2D eigenvalue weighted by Crippen LogP contribution is -2.28. The van der Waals surface area contributed by atoms with Gasteiger partial charge in [0, 0.05) is 11.8 Å². The van der Waals surface area contributed by atoms with E-state index in [0.717, 1.165) is 5.69 Å². The monoisotopic (exact) mass is 259 g/mol. The van der Waals surface area contributed by atoms with E-state index in [1.54, 1.807) is 32.0 Å². The largest absolute Gasteiger partial charge is 0.344 e. The van der Waals surface area contributed by atoms with E-state index in [-0.39, 0.29) is 17.4 Å². The number of aromatic nitrogens is 2. The van der Waals surface area contributed by atoms with Crippen molar-refractivity contribution in [2.75, 3.05) is 0 Å². The van der Waals surface area contributed by atoms with Gasteiger partial charge in [-0.25, -0.2) is 9.37 Å². The van der Waals surface area contributed by atoms with Crippen LogP contribution in [0.5, 0.6) is 0 Å². The van der Waals surface area contributed by atoms with E-state index in [1.807, 2.05) is 0 Å². The fourth-order valence-corrected chi connectivity index (χ4v) is 1.68. The van der Waals surface area contributed by atoms with Gasteiger partial charge in [0.05, 0.1) is 17.9 Å². The van der Waals surface area contributed by atoms with Crippen molar-refractivity contribution in [1.29, 1.82) is 0 Å². The van der Waals surface area contributed by atoms with E-state index in [9.17, 15) is 9.18 Å². The molecule has 4 nitrogen and oxygen atoms in total. The minimum atomic E-state index is -0.434. The average Bonchev–Trinajstić information content (AvgIpc) is 2.39. The number of nitrogens with zero attached hydrogens (tertiary/aromatic N) is 2. The second-order valence-corrected chi connectivity index (χ2v) is 4.26. The van der Waals surface area contributed by atoms with Crippen molar-refractivity contribution in [2.24, 2.45) is 0 Å². The molecule has 5 heteroatoms. The number of aryl methyl sites for hydroxylation is 1. The Morgan fingerprint density at radius 3 is 2.63 bits per heavy atom. The summed E-state index contributed by atoms with van der Waals surface area (Å²) in [6.07, 6.45) is 2.92. The predicted octanol–water partition coefficient (Wildman–Crippen LogP) is 2.42. The molecule has 1 aromatic carbocycles. The van der Waals surface area contributed by atoms with Crippen LogP contribution in [0.4, 0.5) is 4.39 Å². The molecule has 2 rings (SSSR count). The summed E-state index contributed by atoms with van der Waals surface area (Å²) < 4.78 is 13.6. The normalized spacial score (nSPS) is 11.9. The highest BCUT2D eigenvalue weighted by atomic mass is 19.1. The molecule has 98 valence electrons. The van der Waals surface area contributed by atoms with Crippen LogP contribution in [0.3, 0.4) is 0 Å². The summed E-state index contributed by atoms with van der Waals surface area (Å²) >= 11 is 0. The molecule has 1 N–H and O–H groups in total. The van der Waals surface area contributed by atoms with Crippen molar-refractivity contribution in [3.8, 4) is 0 Å². The van der Waals surface area contributed by atoms with Crippen LogP contribution in [0, 0.1) is 12.7 Å². The standard InChI is InChI=1S/C14H14FN3O/c1-9-7-17-13(8-16-9)14(19)18-10(2)11-5-3-4-6-12(11)15/h3-8,10H,1-2H3,(H,18,19)/t10-/m1/s1. The zero-order chi connectivity index (χ0) is 13.8. The first kappa shape index (κ1) is 13.1. The van der Waals surface area contributed by atoms with E-state index < -0.39 is 6.04 Å². The molecule has 19 heavy (non-hydrogen) atoms. The molecule has 0 bridgehead atoms. The van der Waals surface area contributed by atoms with E-state index in [0.29, 0.717) is 5.56 Å². The lowest BCUT2D eigenvalue weighted by Gasteiger charge is -2.14. The van der Waals surface area contributed by atoms with Crippen LogP contribution in [-0.4, -0.2) is 15.9 Å².